The van der Waals surface area contributed by atoms with Crippen LogP contribution in [0.1, 0.15) is 38.2 Å². The first-order valence-electron chi connectivity index (χ1n) is 13.4. The minimum Gasteiger partial charge on any atom is -1.00 e. The van der Waals surface area contributed by atoms with Crippen LogP contribution in [0.2, 0.25) is 0 Å². The monoisotopic (exact) mass is 671 g/mol. The maximum Gasteiger partial charge on any atom is 0.194 e. The second-order valence-electron chi connectivity index (χ2n) is 9.90. The van der Waals surface area contributed by atoms with Crippen LogP contribution in [-0.4, -0.2) is 39.3 Å². The largest absolute Gasteiger partial charge is 1.00 e. The van der Waals surface area contributed by atoms with E-state index >= 15 is 0 Å². The number of ether oxygens (including phenoxy) is 2. The number of rotatable bonds is 1. The molecule has 5 aromatic carbocycles. The lowest BCUT2D eigenvalue weighted by Crippen LogP contribution is -3.00. The van der Waals surface area contributed by atoms with E-state index in [0.29, 0.717) is 0 Å². The quantitative estimate of drug-likeness (QED) is 0.258. The Bertz CT molecular complexity index is 1530. The smallest absolute Gasteiger partial charge is 0.194 e. The summed E-state index contributed by atoms with van der Waals surface area (Å²) in [5.41, 5.74) is 9.02. The van der Waals surface area contributed by atoms with Crippen LogP contribution < -0.4 is 24.0 Å². The third-order valence-electron chi connectivity index (χ3n) is 7.03. The van der Waals surface area contributed by atoms with Crippen molar-refractivity contribution >= 4 is 5.78 Å². The van der Waals surface area contributed by atoms with E-state index in [1.165, 1.54) is 5.56 Å². The van der Waals surface area contributed by atoms with E-state index in [0.717, 1.165) is 50.1 Å². The third kappa shape index (κ3) is 6.40. The minimum atomic E-state index is -1.05. The molecule has 1 N–H and O–H groups in total. The Balaban J connectivity index is 0.000000200. The number of methoxy groups -OCH3 is 2. The molecule has 5 aromatic rings. The Morgan fingerprint density at radius 1 is 0.500 bits per heavy atom. The Morgan fingerprint density at radius 3 is 1.19 bits per heavy atom. The molecular weight excluding hydrogens is 635 g/mol. The zero-order chi connectivity index (χ0) is 29.4. The number of aliphatic hydroxyl groups is 1. The van der Waals surface area contributed by atoms with Gasteiger partial charge in [-0.25, -0.2) is 0 Å². The highest BCUT2D eigenvalue weighted by atomic mass is 127. The molecule has 5 heteroatoms. The summed E-state index contributed by atoms with van der Waals surface area (Å²) in [5.74, 6) is 0.149. The zero-order valence-electron chi connectivity index (χ0n) is 24.6. The van der Waals surface area contributed by atoms with Crippen molar-refractivity contribution in [3.05, 3.63) is 155 Å². The average molecular weight is 672 g/mol. The summed E-state index contributed by atoms with van der Waals surface area (Å²) in [6.07, 6.45) is 0. The second kappa shape index (κ2) is 15.0. The van der Waals surface area contributed by atoms with Crippen molar-refractivity contribution in [1.82, 2.24) is 0 Å². The molecule has 0 saturated heterocycles. The van der Waals surface area contributed by atoms with Gasteiger partial charge in [-0.3, -0.25) is 4.79 Å². The summed E-state index contributed by atoms with van der Waals surface area (Å²) in [5, 5.41) is 11.6. The lowest BCUT2D eigenvalue weighted by atomic mass is 9.84. The first-order chi connectivity index (χ1) is 19.9. The van der Waals surface area contributed by atoms with Crippen LogP contribution in [-0.2, 0) is 15.1 Å². The lowest BCUT2D eigenvalue weighted by Gasteiger charge is -2.26. The van der Waals surface area contributed by atoms with E-state index in [1.54, 1.807) is 28.4 Å². The fourth-order valence-corrected chi connectivity index (χ4v) is 5.29. The van der Waals surface area contributed by atoms with Gasteiger partial charge in [0.2, 0.25) is 0 Å². The normalized spacial score (nSPS) is 12.3. The number of fused-ring (bicyclic) bond motifs is 6. The maximum atomic E-state index is 11.9. The molecule has 216 valence electrons. The van der Waals surface area contributed by atoms with E-state index in [-0.39, 0.29) is 29.8 Å². The predicted octanol–water partition coefficient (Wildman–Crippen LogP) is 4.69. The number of hydrogen-bond donors (Lipinski definition) is 1. The number of carbonyl (C=O) groups excluding carboxylic acids is 1. The summed E-state index contributed by atoms with van der Waals surface area (Å²) in [6, 6.07) is 39.9. The summed E-state index contributed by atoms with van der Waals surface area (Å²) < 4.78 is 8.50. The van der Waals surface area contributed by atoms with Gasteiger partial charge in [0.15, 0.2) is 5.78 Å². The molecule has 0 spiro atoms. The molecule has 0 heterocycles. The van der Waals surface area contributed by atoms with Crippen LogP contribution in [0.3, 0.4) is 0 Å². The number of halogens is 1. The molecular formula is C37H36IO4-. The van der Waals surface area contributed by atoms with Crippen molar-refractivity contribution in [2.24, 2.45) is 0 Å². The fourth-order valence-electron chi connectivity index (χ4n) is 5.29. The van der Waals surface area contributed by atoms with Crippen molar-refractivity contribution in [2.45, 2.75) is 12.5 Å². The van der Waals surface area contributed by atoms with Gasteiger partial charge < -0.3 is 38.6 Å². The highest BCUT2D eigenvalue weighted by Crippen LogP contribution is 2.50. The SMILES string of the molecule is COC.COC.Cc1ccc(C2(O)c3ccccc3-c3ccccc32)cc1.O=C1c2ccccc2-c2ccccc21.[I-]. The van der Waals surface area contributed by atoms with Crippen molar-refractivity contribution < 1.29 is 43.4 Å². The Morgan fingerprint density at radius 2 is 0.810 bits per heavy atom. The summed E-state index contributed by atoms with van der Waals surface area (Å²) in [4.78, 5) is 11.9. The van der Waals surface area contributed by atoms with Gasteiger partial charge in [0.05, 0.1) is 0 Å². The fraction of sp³-hybridized carbons (Fsp3) is 0.162. The molecule has 0 aromatic heterocycles. The zero-order valence-corrected chi connectivity index (χ0v) is 26.8. The topological polar surface area (TPSA) is 55.8 Å². The molecule has 7 rings (SSSR count). The van der Waals surface area contributed by atoms with Gasteiger partial charge in [0.1, 0.15) is 5.60 Å². The Kier molecular flexibility index (Phi) is 11.8. The van der Waals surface area contributed by atoms with Crippen LogP contribution in [0.5, 0.6) is 0 Å². The van der Waals surface area contributed by atoms with Crippen molar-refractivity contribution in [1.29, 1.82) is 0 Å². The molecule has 0 aliphatic heterocycles. The number of ketones is 1. The van der Waals surface area contributed by atoms with E-state index in [9.17, 15) is 9.90 Å². The van der Waals surface area contributed by atoms with E-state index in [2.05, 4.69) is 40.7 Å². The Labute approximate surface area is 266 Å². The van der Waals surface area contributed by atoms with Crippen LogP contribution in [0.15, 0.2) is 121 Å². The van der Waals surface area contributed by atoms with E-state index in [1.807, 2.05) is 97.1 Å². The molecule has 2 aliphatic rings. The first-order valence-corrected chi connectivity index (χ1v) is 13.4. The predicted molar refractivity (Wildman–Crippen MR) is 166 cm³/mol. The van der Waals surface area contributed by atoms with Gasteiger partial charge >= 0.3 is 0 Å². The summed E-state index contributed by atoms with van der Waals surface area (Å²) >= 11 is 0. The molecule has 0 fully saturated rings. The first kappa shape index (κ1) is 32.9. The summed E-state index contributed by atoms with van der Waals surface area (Å²) in [7, 11) is 6.50. The molecule has 0 atom stereocenters. The van der Waals surface area contributed by atoms with Crippen LogP contribution in [0, 0.1) is 6.92 Å². The second-order valence-corrected chi connectivity index (χ2v) is 9.90. The maximum absolute atomic E-state index is 11.9. The Hall–Kier alpha value is -3.62. The molecule has 0 bridgehead atoms. The molecule has 0 saturated carbocycles. The standard InChI is InChI=1S/C20H16O.C13H8O.2C2H6O.HI/c1-14-10-12-15(13-11-14)20(21)18-8-4-2-6-16(18)17-7-3-5-9-19(17)20;14-13-11-7-3-1-5-9(11)10-6-2-4-8-12(10)13;2*1-3-2;/h2-13,21H,1H3;1-8H;2*1-2H3;1H/p-1. The van der Waals surface area contributed by atoms with Gasteiger partial charge in [0.25, 0.3) is 0 Å². The number of benzene rings is 5. The van der Waals surface area contributed by atoms with Crippen molar-refractivity contribution in [3.63, 3.8) is 0 Å². The highest BCUT2D eigenvalue weighted by molar-refractivity contribution is 6.21. The molecule has 2 aliphatic carbocycles. The van der Waals surface area contributed by atoms with Gasteiger partial charge in [-0.05, 0) is 34.7 Å². The number of carbonyl (C=O) groups is 1. The molecule has 42 heavy (non-hydrogen) atoms. The lowest BCUT2D eigenvalue weighted by molar-refractivity contribution is -0.0000183. The van der Waals surface area contributed by atoms with Crippen molar-refractivity contribution in [2.75, 3.05) is 28.4 Å². The molecule has 4 nitrogen and oxygen atoms in total. The van der Waals surface area contributed by atoms with Gasteiger partial charge in [-0.1, -0.05) is 127 Å². The van der Waals surface area contributed by atoms with E-state index < -0.39 is 5.60 Å². The van der Waals surface area contributed by atoms with Crippen LogP contribution in [0.25, 0.3) is 22.3 Å². The molecule has 0 radical (unpaired) electrons. The summed E-state index contributed by atoms with van der Waals surface area (Å²) in [6.45, 7) is 2.06. The van der Waals surface area contributed by atoms with Gasteiger partial charge in [0, 0.05) is 50.7 Å². The molecule has 0 unspecified atom stereocenters. The third-order valence-corrected chi connectivity index (χ3v) is 7.03. The van der Waals surface area contributed by atoms with Gasteiger partial charge in [-0.2, -0.15) is 0 Å². The molecule has 0 amide bonds. The van der Waals surface area contributed by atoms with Crippen LogP contribution in [0.4, 0.5) is 0 Å². The van der Waals surface area contributed by atoms with E-state index in [4.69, 9.17) is 0 Å². The van der Waals surface area contributed by atoms with Gasteiger partial charge in [-0.15, -0.1) is 0 Å². The number of aryl methyl sites for hydroxylation is 1. The van der Waals surface area contributed by atoms with Crippen LogP contribution >= 0.6 is 0 Å². The minimum absolute atomic E-state index is 0. The highest BCUT2D eigenvalue weighted by Gasteiger charge is 2.42. The average Bonchev–Trinajstić information content (AvgIpc) is 3.45. The van der Waals surface area contributed by atoms with Crippen molar-refractivity contribution in [3.8, 4) is 22.3 Å². The number of hydrogen-bond acceptors (Lipinski definition) is 4.